The molecule has 0 aromatic heterocycles. The molecular weight excluding hydrogens is 366 g/mol. The van der Waals surface area contributed by atoms with Crippen LogP contribution in [0, 0.1) is 0 Å². The minimum absolute atomic E-state index is 0.594. The van der Waals surface area contributed by atoms with Gasteiger partial charge in [-0.1, -0.05) is 18.0 Å². The van der Waals surface area contributed by atoms with E-state index in [9.17, 15) is 0 Å². The zero-order chi connectivity index (χ0) is 18.5. The van der Waals surface area contributed by atoms with E-state index in [2.05, 4.69) is 17.3 Å². The molecule has 1 unspecified atom stereocenters. The maximum Gasteiger partial charge on any atom is 0.173 e. The van der Waals surface area contributed by atoms with Crippen molar-refractivity contribution in [2.24, 2.45) is 0 Å². The number of quaternary nitrogens is 1. The number of thiocarbonyl (C=S) groups is 1. The molecule has 1 atom stereocenters. The number of nitrogens with one attached hydrogen (secondary N) is 2. The van der Waals surface area contributed by atoms with Crippen LogP contribution in [0.1, 0.15) is 44.9 Å². The molecule has 1 saturated carbocycles. The minimum Gasteiger partial charge on any atom is -0.495 e. The zero-order valence-corrected chi connectivity index (χ0v) is 17.5. The Bertz CT molecular complexity index is 613. The largest absolute Gasteiger partial charge is 0.495 e. The van der Waals surface area contributed by atoms with Crippen molar-refractivity contribution < 1.29 is 9.64 Å². The molecule has 144 valence electrons. The molecule has 4 nitrogen and oxygen atoms in total. The summed E-state index contributed by atoms with van der Waals surface area (Å²) < 4.78 is 5.20. The van der Waals surface area contributed by atoms with Crippen molar-refractivity contribution >= 4 is 34.6 Å². The number of nitrogens with zero attached hydrogens (tertiary/aromatic N) is 1. The number of hydrogen-bond acceptors (Lipinski definition) is 2. The van der Waals surface area contributed by atoms with Crippen LogP contribution in [0.25, 0.3) is 0 Å². The maximum absolute atomic E-state index is 6.20. The van der Waals surface area contributed by atoms with Gasteiger partial charge in [0, 0.05) is 31.6 Å². The van der Waals surface area contributed by atoms with Crippen LogP contribution in [-0.4, -0.2) is 49.3 Å². The van der Waals surface area contributed by atoms with Crippen LogP contribution in [0.5, 0.6) is 5.75 Å². The summed E-state index contributed by atoms with van der Waals surface area (Å²) in [6, 6.07) is 7.31. The zero-order valence-electron chi connectivity index (χ0n) is 15.9. The Labute approximate surface area is 167 Å². The molecule has 0 radical (unpaired) electrons. The van der Waals surface area contributed by atoms with Crippen molar-refractivity contribution in [3.63, 3.8) is 0 Å². The van der Waals surface area contributed by atoms with Gasteiger partial charge in [0.25, 0.3) is 0 Å². The van der Waals surface area contributed by atoms with Crippen LogP contribution in [0.4, 0.5) is 5.69 Å². The summed E-state index contributed by atoms with van der Waals surface area (Å²) in [6.07, 6.45) is 9.51. The van der Waals surface area contributed by atoms with E-state index >= 15 is 0 Å². The predicted octanol–water partition coefficient (Wildman–Crippen LogP) is 3.36. The molecule has 1 aliphatic carbocycles. The first kappa shape index (κ1) is 19.7. The third kappa shape index (κ3) is 4.81. The number of likely N-dealkylation sites (tertiary alicyclic amines) is 1. The van der Waals surface area contributed by atoms with Gasteiger partial charge in [0.1, 0.15) is 5.75 Å². The normalized spacial score (nSPS) is 20.7. The van der Waals surface area contributed by atoms with Crippen LogP contribution < -0.4 is 15.0 Å². The topological polar surface area (TPSA) is 28.9 Å². The number of piperidine rings is 1. The number of benzene rings is 1. The average molecular weight is 397 g/mol. The molecule has 2 fully saturated rings. The maximum atomic E-state index is 6.20. The van der Waals surface area contributed by atoms with Gasteiger partial charge in [0.2, 0.25) is 0 Å². The van der Waals surface area contributed by atoms with Crippen LogP contribution >= 0.6 is 23.8 Å². The van der Waals surface area contributed by atoms with Crippen molar-refractivity contribution in [2.45, 2.75) is 57.0 Å². The lowest BCUT2D eigenvalue weighted by molar-refractivity contribution is -0.933. The van der Waals surface area contributed by atoms with Crippen molar-refractivity contribution in [3.8, 4) is 5.75 Å². The van der Waals surface area contributed by atoms with E-state index in [4.69, 9.17) is 28.6 Å². The van der Waals surface area contributed by atoms with Gasteiger partial charge < -0.3 is 19.9 Å². The molecule has 0 amide bonds. The lowest BCUT2D eigenvalue weighted by Gasteiger charge is -2.39. The standard InChI is InChI=1S/C20H30ClN3OS/c1-23(16-6-4-3-5-7-16)17-10-12-24(13-11-17)20(26)22-15-8-9-19(25-2)18(21)14-15/h8-9,14,16-17H,3-7,10-13H2,1-2H3,(H,22,26)/p+1. The third-order valence-corrected chi connectivity index (χ3v) is 6.73. The Balaban J connectivity index is 1.49. The first-order chi connectivity index (χ1) is 12.6. The number of methoxy groups -OCH3 is 1. The summed E-state index contributed by atoms with van der Waals surface area (Å²) in [7, 11) is 4.03. The van der Waals surface area contributed by atoms with Crippen LogP contribution in [0.15, 0.2) is 18.2 Å². The molecule has 26 heavy (non-hydrogen) atoms. The second kappa shape index (κ2) is 9.25. The molecule has 1 heterocycles. The second-order valence-electron chi connectivity index (χ2n) is 7.62. The highest BCUT2D eigenvalue weighted by molar-refractivity contribution is 7.80. The smallest absolute Gasteiger partial charge is 0.173 e. The third-order valence-electron chi connectivity index (χ3n) is 6.08. The molecule has 6 heteroatoms. The molecule has 2 N–H and O–H groups in total. The fraction of sp³-hybridized carbons (Fsp3) is 0.650. The van der Waals surface area contributed by atoms with Crippen molar-refractivity contribution in [1.29, 1.82) is 0 Å². The van der Waals surface area contributed by atoms with Gasteiger partial charge in [-0.05, 0) is 56.1 Å². The summed E-state index contributed by atoms with van der Waals surface area (Å²) in [5.41, 5.74) is 0.910. The predicted molar refractivity (Wildman–Crippen MR) is 113 cm³/mol. The number of rotatable bonds is 4. The molecule has 1 aromatic rings. The van der Waals surface area contributed by atoms with E-state index in [1.54, 1.807) is 12.0 Å². The number of halogens is 1. The number of anilines is 1. The highest BCUT2D eigenvalue weighted by Gasteiger charge is 2.31. The molecular formula is C20H31ClN3OS+. The van der Waals surface area contributed by atoms with E-state index in [1.165, 1.54) is 44.9 Å². The van der Waals surface area contributed by atoms with Gasteiger partial charge in [-0.25, -0.2) is 0 Å². The molecule has 1 saturated heterocycles. The fourth-order valence-electron chi connectivity index (χ4n) is 4.38. The number of ether oxygens (including phenoxy) is 1. The van der Waals surface area contributed by atoms with Gasteiger partial charge in [-0.3, -0.25) is 0 Å². The molecule has 0 spiro atoms. The number of hydrogen-bond donors (Lipinski definition) is 2. The summed E-state index contributed by atoms with van der Waals surface area (Å²) in [6.45, 7) is 2.06. The van der Waals surface area contributed by atoms with E-state index in [1.807, 2.05) is 18.2 Å². The van der Waals surface area contributed by atoms with Crippen molar-refractivity contribution in [3.05, 3.63) is 23.2 Å². The average Bonchev–Trinajstić information content (AvgIpc) is 2.68. The Morgan fingerprint density at radius 1 is 1.15 bits per heavy atom. The minimum atomic E-state index is 0.594. The van der Waals surface area contributed by atoms with Crippen molar-refractivity contribution in [1.82, 2.24) is 4.90 Å². The molecule has 1 aliphatic heterocycles. The lowest BCUT2D eigenvalue weighted by atomic mass is 9.92. The van der Waals surface area contributed by atoms with Gasteiger partial charge in [-0.15, -0.1) is 0 Å². The Kier molecular flexibility index (Phi) is 7.01. The first-order valence-corrected chi connectivity index (χ1v) is 10.6. The quantitative estimate of drug-likeness (QED) is 0.763. The SMILES string of the molecule is COc1ccc(NC(=S)N2CCC([NH+](C)C3CCCCC3)CC2)cc1Cl. The summed E-state index contributed by atoms with van der Waals surface area (Å²) in [5, 5.41) is 4.71. The van der Waals surface area contributed by atoms with Gasteiger partial charge in [-0.2, -0.15) is 0 Å². The van der Waals surface area contributed by atoms with E-state index in [0.717, 1.165) is 36.0 Å². The second-order valence-corrected chi connectivity index (χ2v) is 8.41. The first-order valence-electron chi connectivity index (χ1n) is 9.81. The summed E-state index contributed by atoms with van der Waals surface area (Å²) in [5.74, 6) is 0.678. The van der Waals surface area contributed by atoms with Crippen molar-refractivity contribution in [2.75, 3.05) is 32.6 Å². The summed E-state index contributed by atoms with van der Waals surface area (Å²) in [4.78, 5) is 4.04. The Morgan fingerprint density at radius 3 is 2.42 bits per heavy atom. The summed E-state index contributed by atoms with van der Waals surface area (Å²) >= 11 is 11.8. The highest BCUT2D eigenvalue weighted by atomic mass is 35.5. The van der Waals surface area contributed by atoms with E-state index in [-0.39, 0.29) is 0 Å². The van der Waals surface area contributed by atoms with E-state index < -0.39 is 0 Å². The highest BCUT2D eigenvalue weighted by Crippen LogP contribution is 2.27. The van der Waals surface area contributed by atoms with Gasteiger partial charge in [0.05, 0.1) is 31.3 Å². The molecule has 3 rings (SSSR count). The van der Waals surface area contributed by atoms with Gasteiger partial charge in [0.15, 0.2) is 5.11 Å². The Hall–Kier alpha value is -1.04. The van der Waals surface area contributed by atoms with E-state index in [0.29, 0.717) is 10.8 Å². The fourth-order valence-corrected chi connectivity index (χ4v) is 4.93. The Morgan fingerprint density at radius 2 is 1.81 bits per heavy atom. The molecule has 0 bridgehead atoms. The van der Waals surface area contributed by atoms with Gasteiger partial charge >= 0.3 is 0 Å². The monoisotopic (exact) mass is 396 g/mol. The molecule has 1 aromatic carbocycles. The van der Waals surface area contributed by atoms with Crippen LogP contribution in [-0.2, 0) is 0 Å². The molecule has 2 aliphatic rings. The van der Waals surface area contributed by atoms with Crippen LogP contribution in [0.3, 0.4) is 0 Å². The lowest BCUT2D eigenvalue weighted by Crippen LogP contribution is -3.17. The van der Waals surface area contributed by atoms with Crippen LogP contribution in [0.2, 0.25) is 5.02 Å².